The molecular formula is C11H15IN3O2S+. The second kappa shape index (κ2) is 6.39. The molecule has 0 bridgehead atoms. The van der Waals surface area contributed by atoms with Crippen LogP contribution in [-0.4, -0.2) is 21.7 Å². The molecule has 0 atom stereocenters. The van der Waals surface area contributed by atoms with Gasteiger partial charge in [0.25, 0.3) is 5.84 Å². The summed E-state index contributed by atoms with van der Waals surface area (Å²) in [6.07, 6.45) is 8.45. The molecule has 1 rings (SSSR count). The van der Waals surface area contributed by atoms with Crippen molar-refractivity contribution in [1.29, 1.82) is 0 Å². The smallest absolute Gasteiger partial charge is 0.342 e. The second-order valence-corrected chi connectivity index (χ2v) is 5.80. The van der Waals surface area contributed by atoms with Crippen LogP contribution in [0.25, 0.3) is 0 Å². The highest BCUT2D eigenvalue weighted by Gasteiger charge is 2.27. The van der Waals surface area contributed by atoms with Crippen LogP contribution in [-0.2, 0) is 4.79 Å². The Bertz CT molecular complexity index is 451. The van der Waals surface area contributed by atoms with E-state index in [0.29, 0.717) is 5.84 Å². The number of halogens is 1. The Balaban J connectivity index is 3.14. The number of amides is 1. The summed E-state index contributed by atoms with van der Waals surface area (Å²) >= 11 is 2.57. The van der Waals surface area contributed by atoms with Crippen LogP contribution >= 0.6 is 34.7 Å². The molecule has 5 nitrogen and oxygen atoms in total. The molecule has 0 aromatic carbocycles. The predicted octanol–water partition coefficient (Wildman–Crippen LogP) is 0.760. The van der Waals surface area contributed by atoms with Crippen molar-refractivity contribution in [3.8, 4) is 0 Å². The van der Waals surface area contributed by atoms with Gasteiger partial charge in [-0.1, -0.05) is 19.9 Å². The van der Waals surface area contributed by atoms with Gasteiger partial charge in [-0.3, -0.25) is 0 Å². The minimum Gasteiger partial charge on any atom is -0.502 e. The summed E-state index contributed by atoms with van der Waals surface area (Å²) in [5, 5.41) is 14.5. The van der Waals surface area contributed by atoms with Gasteiger partial charge in [0, 0.05) is 11.5 Å². The average Bonchev–Trinajstić information content (AvgIpc) is 2.38. The Kier molecular flexibility index (Phi) is 5.42. The number of hydrogen-bond donors (Lipinski definition) is 3. The van der Waals surface area contributed by atoms with Gasteiger partial charge in [-0.2, -0.15) is 9.30 Å². The number of amidine groups is 1. The van der Waals surface area contributed by atoms with Crippen LogP contribution in [0.5, 0.6) is 0 Å². The summed E-state index contributed by atoms with van der Waals surface area (Å²) in [5.74, 6) is 0.195. The van der Waals surface area contributed by atoms with Crippen LogP contribution in [0.3, 0.4) is 0 Å². The number of nitrogens with one attached hydrogen (secondary N) is 1. The first-order valence-electron chi connectivity index (χ1n) is 5.12. The van der Waals surface area contributed by atoms with Gasteiger partial charge in [-0.25, -0.2) is 9.93 Å². The first-order chi connectivity index (χ1) is 8.35. The second-order valence-electron chi connectivity index (χ2n) is 4.25. The molecule has 1 heterocycles. The van der Waals surface area contributed by atoms with E-state index in [1.807, 2.05) is 26.0 Å². The van der Waals surface area contributed by atoms with E-state index in [9.17, 15) is 4.79 Å². The van der Waals surface area contributed by atoms with Crippen LogP contribution in [0.2, 0.25) is 0 Å². The van der Waals surface area contributed by atoms with E-state index in [2.05, 4.69) is 4.40 Å². The Morgan fingerprint density at radius 1 is 1.61 bits per heavy atom. The lowest BCUT2D eigenvalue weighted by molar-refractivity contribution is -0.250. The van der Waals surface area contributed by atoms with Gasteiger partial charge in [0.1, 0.15) is 12.1 Å². The molecular weight excluding hydrogens is 365 g/mol. The maximum atomic E-state index is 11.9. The molecule has 0 spiro atoms. The van der Waals surface area contributed by atoms with Gasteiger partial charge in [0.15, 0.2) is 3.77 Å². The number of nitrogens with zero attached hydrogens (tertiary/aromatic N) is 1. The molecule has 0 saturated carbocycles. The highest BCUT2D eigenvalue weighted by Crippen LogP contribution is 2.21. The molecule has 4 N–H and O–H groups in total. The van der Waals surface area contributed by atoms with E-state index < -0.39 is 0 Å². The first kappa shape index (κ1) is 15.3. The van der Waals surface area contributed by atoms with Crippen molar-refractivity contribution in [3.05, 3.63) is 34.3 Å². The molecule has 0 saturated heterocycles. The Labute approximate surface area is 124 Å². The van der Waals surface area contributed by atoms with Crippen molar-refractivity contribution in [2.75, 3.05) is 0 Å². The Hall–Kier alpha value is -0.800. The van der Waals surface area contributed by atoms with Crippen molar-refractivity contribution < 1.29 is 14.3 Å². The van der Waals surface area contributed by atoms with Crippen molar-refractivity contribution >= 4 is 46.5 Å². The molecule has 1 aliphatic rings. The lowest BCUT2D eigenvalue weighted by Gasteiger charge is -2.10. The standard InChI is InChI=1S/C11H14IN3O2S/c1-11(2)4-3-9(14-18-13)15(6-5-11)10(17)7-8(12)16/h3-7,16H,13H2,1-2H3/p+1/b8-7-,14-9+. The number of allylic oxidation sites excluding steroid dienone is 2. The van der Waals surface area contributed by atoms with Crippen LogP contribution in [0.4, 0.5) is 0 Å². The van der Waals surface area contributed by atoms with Gasteiger partial charge in [0.05, 0.1) is 12.3 Å². The van der Waals surface area contributed by atoms with E-state index in [0.717, 1.165) is 18.2 Å². The van der Waals surface area contributed by atoms with E-state index in [1.54, 1.807) is 34.9 Å². The number of carbonyl (C=O) groups is 1. The van der Waals surface area contributed by atoms with Crippen molar-refractivity contribution in [3.63, 3.8) is 0 Å². The fourth-order valence-electron chi connectivity index (χ4n) is 1.28. The van der Waals surface area contributed by atoms with Gasteiger partial charge < -0.3 is 5.11 Å². The number of rotatable bonds is 2. The third kappa shape index (κ3) is 4.46. The lowest BCUT2D eigenvalue weighted by Crippen LogP contribution is -2.69. The van der Waals surface area contributed by atoms with Crippen LogP contribution < -0.4 is 9.54 Å². The van der Waals surface area contributed by atoms with Crippen LogP contribution in [0.15, 0.2) is 34.3 Å². The van der Waals surface area contributed by atoms with Gasteiger partial charge in [-0.05, 0) is 28.7 Å². The van der Waals surface area contributed by atoms with Crippen LogP contribution in [0, 0.1) is 5.41 Å². The predicted molar refractivity (Wildman–Crippen MR) is 81.4 cm³/mol. The molecule has 7 heteroatoms. The third-order valence-corrected chi connectivity index (χ3v) is 2.87. The highest BCUT2D eigenvalue weighted by atomic mass is 127. The van der Waals surface area contributed by atoms with E-state index >= 15 is 0 Å². The van der Waals surface area contributed by atoms with Crippen molar-refractivity contribution in [2.24, 2.45) is 10.6 Å². The number of aliphatic hydroxyl groups is 1. The molecule has 0 aliphatic carbocycles. The first-order valence-corrected chi connectivity index (χ1v) is 7.08. The molecule has 0 fully saturated rings. The topological polar surface area (TPSA) is 80.5 Å². The van der Waals surface area contributed by atoms with E-state index in [4.69, 9.17) is 10.2 Å². The molecule has 0 aromatic rings. The molecule has 0 aromatic heterocycles. The fraction of sp³-hybridized carbons (Fsp3) is 0.273. The Morgan fingerprint density at radius 2 is 2.28 bits per heavy atom. The summed E-state index contributed by atoms with van der Waals surface area (Å²) in [4.78, 5) is 13.3. The lowest BCUT2D eigenvalue weighted by atomic mass is 9.94. The monoisotopic (exact) mass is 380 g/mol. The molecule has 1 aliphatic heterocycles. The highest BCUT2D eigenvalue weighted by molar-refractivity contribution is 14.1. The van der Waals surface area contributed by atoms with Gasteiger partial charge in [-0.15, -0.1) is 0 Å². The minimum absolute atomic E-state index is 0.0711. The SMILES string of the molecule is CC1(C)C=C/C(=[NH+]\SN)N(C(=O)/C=C(\O)I)C=C1. The van der Waals surface area contributed by atoms with E-state index in [-0.39, 0.29) is 15.1 Å². The maximum Gasteiger partial charge on any atom is 0.342 e. The zero-order chi connectivity index (χ0) is 13.8. The molecule has 0 radical (unpaired) electrons. The third-order valence-electron chi connectivity index (χ3n) is 2.23. The van der Waals surface area contributed by atoms with Crippen LogP contribution in [0.1, 0.15) is 13.8 Å². The zero-order valence-electron chi connectivity index (χ0n) is 10.1. The fourth-order valence-corrected chi connectivity index (χ4v) is 1.84. The summed E-state index contributed by atoms with van der Waals surface area (Å²) in [5.41, 5.74) is -0.155. The molecule has 98 valence electrons. The zero-order valence-corrected chi connectivity index (χ0v) is 13.0. The summed E-state index contributed by atoms with van der Waals surface area (Å²) < 4.78 is 2.76. The van der Waals surface area contributed by atoms with Gasteiger partial charge >= 0.3 is 5.91 Å². The quantitative estimate of drug-likeness (QED) is 0.286. The number of carbonyl (C=O) groups excluding carboxylic acids is 1. The summed E-state index contributed by atoms with van der Waals surface area (Å²) in [6, 6.07) is 0. The molecule has 1 amide bonds. The molecule has 18 heavy (non-hydrogen) atoms. The average molecular weight is 380 g/mol. The number of aliphatic hydroxyl groups excluding tert-OH is 1. The molecule has 0 unspecified atom stereocenters. The largest absolute Gasteiger partial charge is 0.502 e. The Morgan fingerprint density at radius 3 is 2.83 bits per heavy atom. The minimum atomic E-state index is -0.350. The number of hydrogen-bond acceptors (Lipinski definition) is 4. The van der Waals surface area contributed by atoms with Crippen molar-refractivity contribution in [2.45, 2.75) is 13.8 Å². The maximum absolute atomic E-state index is 11.9. The van der Waals surface area contributed by atoms with Crippen molar-refractivity contribution in [1.82, 2.24) is 4.90 Å². The number of nitrogens with two attached hydrogens (primary N) is 1. The van der Waals surface area contributed by atoms with E-state index in [1.165, 1.54) is 4.90 Å². The summed E-state index contributed by atoms with van der Waals surface area (Å²) in [6.45, 7) is 4.04. The van der Waals surface area contributed by atoms with Gasteiger partial charge in [0.2, 0.25) is 0 Å². The normalized spacial score (nSPS) is 21.2. The summed E-state index contributed by atoms with van der Waals surface area (Å²) in [7, 11) is 0.